The molecule has 1 aromatic carbocycles. The van der Waals surface area contributed by atoms with Gasteiger partial charge in [-0.1, -0.05) is 30.3 Å². The maximum absolute atomic E-state index is 7.96. The highest BCUT2D eigenvalue weighted by Crippen LogP contribution is 2.07. The number of hydrogen-bond acceptors (Lipinski definition) is 4. The quantitative estimate of drug-likeness (QED) is 0.530. The molecule has 0 heterocycles. The molecule has 98 valence electrons. The average Bonchev–Trinajstić information content (AvgIpc) is 2.42. The summed E-state index contributed by atoms with van der Waals surface area (Å²) in [4.78, 5) is 3.86. The molecule has 0 aromatic heterocycles. The van der Waals surface area contributed by atoms with Crippen LogP contribution in [0.3, 0.4) is 0 Å². The lowest BCUT2D eigenvalue weighted by molar-refractivity contribution is 0.750. The topological polar surface area (TPSA) is 48.2 Å². The van der Waals surface area contributed by atoms with Gasteiger partial charge < -0.3 is 10.7 Å². The number of thioether (sulfide) groups is 1. The normalized spacial score (nSPS) is 12.1. The molecule has 0 aliphatic rings. The van der Waals surface area contributed by atoms with E-state index in [0.717, 1.165) is 13.0 Å². The van der Waals surface area contributed by atoms with E-state index in [1.165, 1.54) is 5.56 Å². The molecule has 0 fully saturated rings. The molecule has 0 bridgehead atoms. The van der Waals surface area contributed by atoms with Crippen LogP contribution < -0.4 is 5.32 Å². The van der Waals surface area contributed by atoms with Gasteiger partial charge in [-0.05, 0) is 31.5 Å². The second-order valence-corrected chi connectivity index (χ2v) is 5.11. The molecular weight excluding hydrogens is 242 g/mol. The number of hydrogen-bond donors (Lipinski definition) is 2. The van der Waals surface area contributed by atoms with E-state index in [-0.39, 0.29) is 5.25 Å². The Morgan fingerprint density at radius 2 is 2.17 bits per heavy atom. The maximum Gasteiger partial charge on any atom is 0.0629 e. The summed E-state index contributed by atoms with van der Waals surface area (Å²) in [6, 6.07) is 10.4. The maximum atomic E-state index is 7.96. The fourth-order valence-corrected chi connectivity index (χ4v) is 2.28. The van der Waals surface area contributed by atoms with Crippen molar-refractivity contribution in [1.29, 1.82) is 5.41 Å². The molecule has 18 heavy (non-hydrogen) atoms. The van der Waals surface area contributed by atoms with Gasteiger partial charge in [-0.3, -0.25) is 4.99 Å². The number of nitrogens with zero attached hydrogens (tertiary/aromatic N) is 1. The molecular formula is C14H21N3S. The summed E-state index contributed by atoms with van der Waals surface area (Å²) in [5.74, 6) is 0. The summed E-state index contributed by atoms with van der Waals surface area (Å²) >= 11 is 1.66. The third kappa shape index (κ3) is 5.47. The number of aliphatic imine (C=N–C) groups is 1. The van der Waals surface area contributed by atoms with Crippen molar-refractivity contribution in [1.82, 2.24) is 5.32 Å². The van der Waals surface area contributed by atoms with Crippen molar-refractivity contribution in [3.05, 3.63) is 35.9 Å². The third-order valence-corrected chi connectivity index (χ3v) is 3.72. The number of nitrogens with one attached hydrogen (secondary N) is 2. The van der Waals surface area contributed by atoms with Crippen LogP contribution in [-0.4, -0.2) is 43.6 Å². The van der Waals surface area contributed by atoms with Crippen molar-refractivity contribution in [2.75, 3.05) is 25.9 Å². The zero-order valence-electron chi connectivity index (χ0n) is 10.9. The van der Waals surface area contributed by atoms with Crippen LogP contribution in [0, 0.1) is 5.41 Å². The Morgan fingerprint density at radius 3 is 2.78 bits per heavy atom. The van der Waals surface area contributed by atoms with Crippen LogP contribution >= 0.6 is 11.8 Å². The summed E-state index contributed by atoms with van der Waals surface area (Å²) in [5.41, 5.74) is 2.02. The number of rotatable bonds is 9. The SMILES string of the molecule is C=NCC(SC)C(=N)CNCCc1ccccc1. The van der Waals surface area contributed by atoms with Gasteiger partial charge in [0.05, 0.1) is 11.8 Å². The van der Waals surface area contributed by atoms with Crippen LogP contribution in [0.5, 0.6) is 0 Å². The van der Waals surface area contributed by atoms with Gasteiger partial charge >= 0.3 is 0 Å². The predicted molar refractivity (Wildman–Crippen MR) is 82.5 cm³/mol. The third-order valence-electron chi connectivity index (χ3n) is 2.72. The van der Waals surface area contributed by atoms with Crippen LogP contribution in [0.2, 0.25) is 0 Å². The standard InChI is InChI=1S/C14H21N3S/c1-16-11-14(18-2)13(15)10-17-9-8-12-6-4-3-5-7-12/h3-7,14-15,17H,1,8-11H2,2H3. The van der Waals surface area contributed by atoms with Crippen LogP contribution in [-0.2, 0) is 6.42 Å². The lowest BCUT2D eigenvalue weighted by Gasteiger charge is -2.14. The van der Waals surface area contributed by atoms with Crippen molar-refractivity contribution in [3.8, 4) is 0 Å². The first-order valence-corrected chi connectivity index (χ1v) is 7.34. The molecule has 2 N–H and O–H groups in total. The predicted octanol–water partition coefficient (Wildman–Crippen LogP) is 2.27. The Morgan fingerprint density at radius 1 is 1.44 bits per heavy atom. The molecule has 1 aromatic rings. The Labute approximate surface area is 114 Å². The van der Waals surface area contributed by atoms with E-state index in [4.69, 9.17) is 5.41 Å². The van der Waals surface area contributed by atoms with Crippen LogP contribution in [0.1, 0.15) is 5.56 Å². The first-order valence-electron chi connectivity index (χ1n) is 6.05. The molecule has 0 saturated heterocycles. The van der Waals surface area contributed by atoms with Crippen LogP contribution in [0.15, 0.2) is 35.3 Å². The molecule has 1 unspecified atom stereocenters. The van der Waals surface area contributed by atoms with Gasteiger partial charge in [-0.2, -0.15) is 11.8 Å². The molecule has 3 nitrogen and oxygen atoms in total. The van der Waals surface area contributed by atoms with Crippen LogP contribution in [0.4, 0.5) is 0 Å². The minimum absolute atomic E-state index is 0.159. The average molecular weight is 263 g/mol. The van der Waals surface area contributed by atoms with Crippen molar-refractivity contribution in [2.24, 2.45) is 4.99 Å². The van der Waals surface area contributed by atoms with Crippen molar-refractivity contribution < 1.29 is 0 Å². The van der Waals surface area contributed by atoms with Gasteiger partial charge in [-0.25, -0.2) is 0 Å². The highest BCUT2D eigenvalue weighted by molar-refractivity contribution is 8.00. The molecule has 0 saturated carbocycles. The van der Waals surface area contributed by atoms with Gasteiger partial charge in [0, 0.05) is 12.3 Å². The fourth-order valence-electron chi connectivity index (χ4n) is 1.66. The minimum Gasteiger partial charge on any atom is -0.311 e. The fraction of sp³-hybridized carbons (Fsp3) is 0.429. The van der Waals surface area contributed by atoms with E-state index < -0.39 is 0 Å². The van der Waals surface area contributed by atoms with E-state index >= 15 is 0 Å². The van der Waals surface area contributed by atoms with Gasteiger partial charge in [0.25, 0.3) is 0 Å². The highest BCUT2D eigenvalue weighted by atomic mass is 32.2. The lowest BCUT2D eigenvalue weighted by atomic mass is 10.1. The molecule has 0 aliphatic heterocycles. The summed E-state index contributed by atoms with van der Waals surface area (Å²) in [7, 11) is 0. The largest absolute Gasteiger partial charge is 0.311 e. The molecule has 0 aliphatic carbocycles. The van der Waals surface area contributed by atoms with Gasteiger partial charge in [0.2, 0.25) is 0 Å². The first-order chi connectivity index (χ1) is 8.77. The van der Waals surface area contributed by atoms with Crippen molar-refractivity contribution in [2.45, 2.75) is 11.7 Å². The minimum atomic E-state index is 0.159. The van der Waals surface area contributed by atoms with E-state index in [9.17, 15) is 0 Å². The lowest BCUT2D eigenvalue weighted by Crippen LogP contribution is -2.32. The molecule has 1 rings (SSSR count). The van der Waals surface area contributed by atoms with Gasteiger partial charge in [-0.15, -0.1) is 0 Å². The molecule has 1 atom stereocenters. The van der Waals surface area contributed by atoms with E-state index in [2.05, 4.69) is 41.3 Å². The van der Waals surface area contributed by atoms with Gasteiger partial charge in [0.15, 0.2) is 0 Å². The zero-order valence-corrected chi connectivity index (χ0v) is 11.7. The summed E-state index contributed by atoms with van der Waals surface area (Å²) in [5, 5.41) is 11.4. The first kappa shape index (κ1) is 14.9. The Balaban J connectivity index is 2.21. The molecule has 0 amide bonds. The second kappa shape index (κ2) is 8.89. The number of benzene rings is 1. The summed E-state index contributed by atoms with van der Waals surface area (Å²) in [6.45, 7) is 5.64. The highest BCUT2D eigenvalue weighted by Gasteiger charge is 2.11. The monoisotopic (exact) mass is 263 g/mol. The smallest absolute Gasteiger partial charge is 0.0629 e. The van der Waals surface area contributed by atoms with E-state index in [0.29, 0.717) is 18.8 Å². The Hall–Kier alpha value is -1.13. The van der Waals surface area contributed by atoms with Crippen LogP contribution in [0.25, 0.3) is 0 Å². The van der Waals surface area contributed by atoms with Crippen molar-refractivity contribution >= 4 is 24.2 Å². The Kier molecular flexibility index (Phi) is 7.37. The zero-order chi connectivity index (χ0) is 13.2. The van der Waals surface area contributed by atoms with Crippen molar-refractivity contribution in [3.63, 3.8) is 0 Å². The molecule has 0 radical (unpaired) electrons. The summed E-state index contributed by atoms with van der Waals surface area (Å²) < 4.78 is 0. The second-order valence-electron chi connectivity index (χ2n) is 4.07. The molecule has 4 heteroatoms. The molecule has 0 spiro atoms. The Bertz CT molecular complexity index is 365. The van der Waals surface area contributed by atoms with E-state index in [1.54, 1.807) is 11.8 Å². The van der Waals surface area contributed by atoms with E-state index in [1.807, 2.05) is 12.3 Å². The van der Waals surface area contributed by atoms with Gasteiger partial charge in [0.1, 0.15) is 0 Å². The summed E-state index contributed by atoms with van der Waals surface area (Å²) in [6.07, 6.45) is 3.01.